The maximum atomic E-state index is 12.6. The molecule has 166 valence electrons. The van der Waals surface area contributed by atoms with Crippen LogP contribution < -0.4 is 10.1 Å². The quantitative estimate of drug-likeness (QED) is 0.164. The molecule has 0 aliphatic heterocycles. The number of nitrogens with one attached hydrogen (secondary N) is 1. The molecule has 34 heavy (non-hydrogen) atoms. The predicted octanol–water partition coefficient (Wildman–Crippen LogP) is 5.87. The second-order valence-electron chi connectivity index (χ2n) is 7.39. The van der Waals surface area contributed by atoms with Gasteiger partial charge in [0.1, 0.15) is 24.0 Å². The minimum Gasteiger partial charge on any atom is -0.488 e. The maximum absolute atomic E-state index is 12.6. The number of nitro benzene ring substituents is 1. The van der Waals surface area contributed by atoms with Crippen molar-refractivity contribution in [3.8, 4) is 11.8 Å². The van der Waals surface area contributed by atoms with Gasteiger partial charge in [0, 0.05) is 23.4 Å². The minimum atomic E-state index is -0.625. The van der Waals surface area contributed by atoms with E-state index < -0.39 is 10.8 Å². The summed E-state index contributed by atoms with van der Waals surface area (Å²) < 4.78 is 6.06. The monoisotopic (exact) mass is 449 g/mol. The lowest BCUT2D eigenvalue weighted by atomic mass is 10.1. The topological polar surface area (TPSA) is 105 Å². The summed E-state index contributed by atoms with van der Waals surface area (Å²) in [5.41, 5.74) is 1.73. The van der Waals surface area contributed by atoms with Crippen LogP contribution in [0.25, 0.3) is 16.8 Å². The summed E-state index contributed by atoms with van der Waals surface area (Å²) in [6.07, 6.45) is 1.46. The molecule has 1 amide bonds. The third-order valence-electron chi connectivity index (χ3n) is 5.18. The zero-order valence-electron chi connectivity index (χ0n) is 18.0. The first-order valence-electron chi connectivity index (χ1n) is 10.4. The number of non-ortho nitro benzene ring substituents is 1. The van der Waals surface area contributed by atoms with Gasteiger partial charge in [-0.1, -0.05) is 60.7 Å². The van der Waals surface area contributed by atoms with Crippen LogP contribution in [0.5, 0.6) is 5.75 Å². The Kier molecular flexibility index (Phi) is 6.61. The molecular weight excluding hydrogens is 430 g/mol. The number of carbonyl (C=O) groups excluding carboxylic acids is 1. The van der Waals surface area contributed by atoms with Crippen molar-refractivity contribution in [2.24, 2.45) is 0 Å². The molecule has 0 aromatic heterocycles. The van der Waals surface area contributed by atoms with Gasteiger partial charge in [-0.3, -0.25) is 14.9 Å². The Morgan fingerprint density at radius 1 is 0.971 bits per heavy atom. The fourth-order valence-electron chi connectivity index (χ4n) is 3.47. The summed E-state index contributed by atoms with van der Waals surface area (Å²) in [5.74, 6) is -0.0912. The zero-order valence-corrected chi connectivity index (χ0v) is 18.0. The lowest BCUT2D eigenvalue weighted by Gasteiger charge is -2.12. The number of nitriles is 1. The SMILES string of the molecule is N#C/C(=C\c1ccccc1OCc1cccc2ccccc12)C(=O)Nc1ccc([N+](=O)[O-])cc1. The Labute approximate surface area is 195 Å². The van der Waals surface area contributed by atoms with Crippen LogP contribution in [-0.4, -0.2) is 10.8 Å². The van der Waals surface area contributed by atoms with Gasteiger partial charge in [-0.05, 0) is 40.6 Å². The van der Waals surface area contributed by atoms with Gasteiger partial charge in [-0.15, -0.1) is 0 Å². The first-order chi connectivity index (χ1) is 16.5. The number of fused-ring (bicyclic) bond motifs is 1. The van der Waals surface area contributed by atoms with Crippen LogP contribution in [0.2, 0.25) is 0 Å². The Bertz CT molecular complexity index is 1430. The number of hydrogen-bond donors (Lipinski definition) is 1. The number of nitro groups is 1. The fraction of sp³-hybridized carbons (Fsp3) is 0.0370. The summed E-state index contributed by atoms with van der Waals surface area (Å²) >= 11 is 0. The molecule has 0 radical (unpaired) electrons. The number of benzene rings is 4. The van der Waals surface area contributed by atoms with Crippen molar-refractivity contribution in [3.63, 3.8) is 0 Å². The van der Waals surface area contributed by atoms with E-state index in [0.29, 0.717) is 23.6 Å². The van der Waals surface area contributed by atoms with E-state index in [4.69, 9.17) is 4.74 Å². The van der Waals surface area contributed by atoms with Crippen LogP contribution in [-0.2, 0) is 11.4 Å². The lowest BCUT2D eigenvalue weighted by Crippen LogP contribution is -2.13. The second kappa shape index (κ2) is 10.1. The average molecular weight is 449 g/mol. The minimum absolute atomic E-state index is 0.0914. The van der Waals surface area contributed by atoms with Crippen molar-refractivity contribution < 1.29 is 14.5 Å². The third-order valence-corrected chi connectivity index (χ3v) is 5.18. The summed E-state index contributed by atoms with van der Waals surface area (Å²) in [6, 6.07) is 28.5. The Balaban J connectivity index is 1.53. The highest BCUT2D eigenvalue weighted by Crippen LogP contribution is 2.25. The molecule has 7 heteroatoms. The first kappa shape index (κ1) is 22.2. The van der Waals surface area contributed by atoms with E-state index in [1.54, 1.807) is 18.2 Å². The molecule has 0 unspecified atom stereocenters. The third kappa shape index (κ3) is 5.09. The molecule has 4 rings (SSSR count). The highest BCUT2D eigenvalue weighted by molar-refractivity contribution is 6.09. The van der Waals surface area contributed by atoms with E-state index >= 15 is 0 Å². The number of para-hydroxylation sites is 1. The van der Waals surface area contributed by atoms with Gasteiger partial charge in [0.2, 0.25) is 0 Å². The molecule has 7 nitrogen and oxygen atoms in total. The molecule has 0 saturated heterocycles. The van der Waals surface area contributed by atoms with Crippen LogP contribution >= 0.6 is 0 Å². The van der Waals surface area contributed by atoms with Crippen LogP contribution in [0, 0.1) is 21.4 Å². The molecule has 1 N–H and O–H groups in total. The number of nitrogens with zero attached hydrogens (tertiary/aromatic N) is 2. The lowest BCUT2D eigenvalue weighted by molar-refractivity contribution is -0.384. The van der Waals surface area contributed by atoms with E-state index in [1.165, 1.54) is 30.3 Å². The van der Waals surface area contributed by atoms with Crippen LogP contribution in [0.15, 0.2) is 96.6 Å². The molecule has 4 aromatic carbocycles. The Morgan fingerprint density at radius 2 is 1.68 bits per heavy atom. The van der Waals surface area contributed by atoms with E-state index in [2.05, 4.69) is 5.32 Å². The molecule has 4 aromatic rings. The van der Waals surface area contributed by atoms with E-state index in [1.807, 2.05) is 54.6 Å². The molecule has 0 bridgehead atoms. The summed E-state index contributed by atoms with van der Waals surface area (Å²) in [6.45, 7) is 0.323. The number of anilines is 1. The van der Waals surface area contributed by atoms with Crippen molar-refractivity contribution in [2.75, 3.05) is 5.32 Å². The van der Waals surface area contributed by atoms with Crippen molar-refractivity contribution in [1.82, 2.24) is 0 Å². The van der Waals surface area contributed by atoms with Gasteiger partial charge in [0.05, 0.1) is 4.92 Å². The van der Waals surface area contributed by atoms with E-state index in [-0.39, 0.29) is 11.3 Å². The molecule has 0 atom stereocenters. The summed E-state index contributed by atoms with van der Waals surface area (Å²) in [4.78, 5) is 22.9. The molecule has 0 aliphatic rings. The van der Waals surface area contributed by atoms with E-state index in [0.717, 1.165) is 16.3 Å². The molecule has 0 heterocycles. The molecular formula is C27H19N3O4. The number of ether oxygens (including phenoxy) is 1. The van der Waals surface area contributed by atoms with Gasteiger partial charge in [0.25, 0.3) is 11.6 Å². The van der Waals surface area contributed by atoms with Crippen molar-refractivity contribution >= 4 is 34.1 Å². The normalized spacial score (nSPS) is 11.0. The molecule has 0 saturated carbocycles. The van der Waals surface area contributed by atoms with Crippen molar-refractivity contribution in [1.29, 1.82) is 5.26 Å². The molecule has 0 fully saturated rings. The largest absolute Gasteiger partial charge is 0.488 e. The number of rotatable bonds is 7. The van der Waals surface area contributed by atoms with Crippen LogP contribution in [0.4, 0.5) is 11.4 Å². The second-order valence-corrected chi connectivity index (χ2v) is 7.39. The zero-order chi connectivity index (χ0) is 23.9. The van der Waals surface area contributed by atoms with Crippen LogP contribution in [0.1, 0.15) is 11.1 Å². The van der Waals surface area contributed by atoms with E-state index in [9.17, 15) is 20.2 Å². The fourth-order valence-corrected chi connectivity index (χ4v) is 3.47. The summed E-state index contributed by atoms with van der Waals surface area (Å²) in [5, 5.41) is 25.1. The number of hydrogen-bond acceptors (Lipinski definition) is 5. The smallest absolute Gasteiger partial charge is 0.269 e. The predicted molar refractivity (Wildman–Crippen MR) is 130 cm³/mol. The first-order valence-corrected chi connectivity index (χ1v) is 10.4. The average Bonchev–Trinajstić information content (AvgIpc) is 2.86. The van der Waals surface area contributed by atoms with Gasteiger partial charge < -0.3 is 10.1 Å². The van der Waals surface area contributed by atoms with Crippen molar-refractivity contribution in [3.05, 3.63) is 118 Å². The molecule has 0 aliphatic carbocycles. The number of amides is 1. The van der Waals surface area contributed by atoms with Gasteiger partial charge >= 0.3 is 0 Å². The standard InChI is InChI=1S/C27H19N3O4/c28-17-22(27(31)29-23-12-14-24(15-13-23)30(32)33)16-20-7-2-4-11-26(20)34-18-21-9-5-8-19-6-1-3-10-25(19)21/h1-16H,18H2,(H,29,31)/b22-16+. The van der Waals surface area contributed by atoms with Gasteiger partial charge in [-0.25, -0.2) is 0 Å². The highest BCUT2D eigenvalue weighted by atomic mass is 16.6. The van der Waals surface area contributed by atoms with Gasteiger partial charge in [0.15, 0.2) is 0 Å². The number of carbonyl (C=O) groups is 1. The van der Waals surface area contributed by atoms with Gasteiger partial charge in [-0.2, -0.15) is 5.26 Å². The van der Waals surface area contributed by atoms with Crippen LogP contribution in [0.3, 0.4) is 0 Å². The Hall–Kier alpha value is -4.96. The summed E-state index contributed by atoms with van der Waals surface area (Å²) in [7, 11) is 0. The highest BCUT2D eigenvalue weighted by Gasteiger charge is 2.13. The Morgan fingerprint density at radius 3 is 2.44 bits per heavy atom. The molecule has 0 spiro atoms. The maximum Gasteiger partial charge on any atom is 0.269 e. The van der Waals surface area contributed by atoms with Crippen molar-refractivity contribution in [2.45, 2.75) is 6.61 Å².